The van der Waals surface area contributed by atoms with Crippen LogP contribution in [-0.2, 0) is 0 Å². The molecule has 0 aromatic heterocycles. The van der Waals surface area contributed by atoms with Crippen molar-refractivity contribution in [2.75, 3.05) is 0 Å². The summed E-state index contributed by atoms with van der Waals surface area (Å²) in [6, 6.07) is 0. The molecular weight excluding hydrogens is 209 g/mol. The number of halogens is 7. The summed E-state index contributed by atoms with van der Waals surface area (Å²) < 4.78 is 69.4. The molecule has 0 atom stereocenters. The van der Waals surface area contributed by atoms with Crippen molar-refractivity contribution in [1.82, 2.24) is 0 Å². The lowest BCUT2D eigenvalue weighted by Crippen LogP contribution is -2.17. The summed E-state index contributed by atoms with van der Waals surface area (Å²) >= 11 is 4.43. The summed E-state index contributed by atoms with van der Waals surface area (Å²) in [5.41, 5.74) is -1.84. The van der Waals surface area contributed by atoms with Crippen LogP contribution in [0.25, 0.3) is 0 Å². The Morgan fingerprint density at radius 3 is 1.33 bits per heavy atom. The predicted molar refractivity (Wildman–Crippen MR) is 30.7 cm³/mol. The molecule has 72 valence electrons. The zero-order valence-corrected chi connectivity index (χ0v) is 6.40. The van der Waals surface area contributed by atoms with Crippen molar-refractivity contribution in [3.05, 3.63) is 10.6 Å². The number of allylic oxidation sites excluding steroid dienone is 2. The predicted octanol–water partition coefficient (Wildman–Crippen LogP) is 3.62. The van der Waals surface area contributed by atoms with Crippen molar-refractivity contribution in [3.8, 4) is 0 Å². The molecular formula is C5H3ClF6. The normalized spacial score (nSPS) is 16.0. The maximum Gasteiger partial charge on any atom is 0.427 e. The lowest BCUT2D eigenvalue weighted by atomic mass is 10.2. The first-order valence-corrected chi connectivity index (χ1v) is 2.95. The molecule has 0 aliphatic rings. The zero-order chi connectivity index (χ0) is 10.2. The van der Waals surface area contributed by atoms with Gasteiger partial charge < -0.3 is 0 Å². The van der Waals surface area contributed by atoms with Crippen LogP contribution in [0.5, 0.6) is 0 Å². The van der Waals surface area contributed by atoms with Gasteiger partial charge in [0, 0.05) is 0 Å². The van der Waals surface area contributed by atoms with Gasteiger partial charge in [-0.25, -0.2) is 0 Å². The highest BCUT2D eigenvalue weighted by Crippen LogP contribution is 2.37. The average Bonchev–Trinajstić information content (AvgIpc) is 1.80. The van der Waals surface area contributed by atoms with Crippen molar-refractivity contribution in [1.29, 1.82) is 0 Å². The lowest BCUT2D eigenvalue weighted by Gasteiger charge is -2.11. The first-order valence-electron chi connectivity index (χ1n) is 2.57. The van der Waals surface area contributed by atoms with E-state index in [1.165, 1.54) is 0 Å². The molecule has 0 aromatic carbocycles. The molecule has 0 radical (unpaired) electrons. The van der Waals surface area contributed by atoms with E-state index in [0.717, 1.165) is 0 Å². The summed E-state index contributed by atoms with van der Waals surface area (Å²) in [5.74, 6) is 0. The maximum atomic E-state index is 11.6. The van der Waals surface area contributed by atoms with Gasteiger partial charge in [-0.15, -0.1) is 0 Å². The van der Waals surface area contributed by atoms with Crippen molar-refractivity contribution in [2.45, 2.75) is 19.3 Å². The van der Waals surface area contributed by atoms with Crippen molar-refractivity contribution >= 4 is 11.6 Å². The highest BCUT2D eigenvalue weighted by Gasteiger charge is 2.42. The van der Waals surface area contributed by atoms with Gasteiger partial charge in [-0.3, -0.25) is 0 Å². The third-order valence-corrected chi connectivity index (χ3v) is 1.50. The van der Waals surface area contributed by atoms with Crippen LogP contribution < -0.4 is 0 Å². The lowest BCUT2D eigenvalue weighted by molar-refractivity contribution is -0.110. The minimum atomic E-state index is -5.14. The molecule has 0 aliphatic carbocycles. The molecule has 0 spiro atoms. The molecule has 7 heteroatoms. The number of hydrogen-bond acceptors (Lipinski definition) is 0. The van der Waals surface area contributed by atoms with Crippen LogP contribution in [0.4, 0.5) is 26.3 Å². The minimum Gasteiger partial charge on any atom is -0.166 e. The summed E-state index contributed by atoms with van der Waals surface area (Å²) in [5, 5.41) is -2.13. The average molecular weight is 213 g/mol. The Morgan fingerprint density at radius 2 is 1.25 bits per heavy atom. The fourth-order valence-corrected chi connectivity index (χ4v) is 0.444. The zero-order valence-electron chi connectivity index (χ0n) is 5.65. The Morgan fingerprint density at radius 1 is 0.917 bits per heavy atom. The van der Waals surface area contributed by atoms with Crippen LogP contribution in [0.2, 0.25) is 0 Å². The fourth-order valence-electron chi connectivity index (χ4n) is 0.337. The van der Waals surface area contributed by atoms with Crippen molar-refractivity contribution in [2.24, 2.45) is 0 Å². The van der Waals surface area contributed by atoms with Crippen LogP contribution in [0.3, 0.4) is 0 Å². The molecule has 0 nitrogen and oxygen atoms in total. The Bertz CT molecular complexity index is 175. The number of alkyl halides is 6. The topological polar surface area (TPSA) is 0 Å². The highest BCUT2D eigenvalue weighted by atomic mass is 35.5. The van der Waals surface area contributed by atoms with Gasteiger partial charge in [0.25, 0.3) is 0 Å². The highest BCUT2D eigenvalue weighted by molar-refractivity contribution is 6.30. The van der Waals surface area contributed by atoms with E-state index in [4.69, 9.17) is 0 Å². The van der Waals surface area contributed by atoms with Gasteiger partial charge in [0.15, 0.2) is 0 Å². The quantitative estimate of drug-likeness (QED) is 0.538. The molecule has 0 N–H and O–H groups in total. The van der Waals surface area contributed by atoms with Gasteiger partial charge in [0.2, 0.25) is 0 Å². The molecule has 0 heterocycles. The first kappa shape index (κ1) is 11.6. The molecule has 0 aliphatic heterocycles. The third kappa shape index (κ3) is 2.92. The summed E-state index contributed by atoms with van der Waals surface area (Å²) in [4.78, 5) is 0. The molecule has 0 aromatic rings. The van der Waals surface area contributed by atoms with Gasteiger partial charge in [-0.05, 0) is 6.92 Å². The first-order chi connectivity index (χ1) is 5.07. The molecule has 0 rings (SSSR count). The van der Waals surface area contributed by atoms with E-state index in [-0.39, 0.29) is 6.92 Å². The van der Waals surface area contributed by atoms with E-state index < -0.39 is 23.0 Å². The molecule has 0 fully saturated rings. The van der Waals surface area contributed by atoms with Crippen molar-refractivity contribution in [3.63, 3.8) is 0 Å². The Labute approximate surface area is 68.8 Å². The summed E-state index contributed by atoms with van der Waals surface area (Å²) in [6.45, 7) is 0.274. The van der Waals surface area contributed by atoms with E-state index in [2.05, 4.69) is 11.6 Å². The molecule has 0 saturated heterocycles. The molecule has 0 bridgehead atoms. The Kier molecular flexibility index (Phi) is 3.06. The van der Waals surface area contributed by atoms with E-state index in [1.807, 2.05) is 0 Å². The van der Waals surface area contributed by atoms with E-state index in [1.54, 1.807) is 0 Å². The van der Waals surface area contributed by atoms with Gasteiger partial charge in [0.05, 0.1) is 5.57 Å². The Balaban J connectivity index is 4.96. The molecule has 0 amide bonds. The smallest absolute Gasteiger partial charge is 0.166 e. The fraction of sp³-hybridized carbons (Fsp3) is 0.600. The van der Waals surface area contributed by atoms with Gasteiger partial charge in [-0.2, -0.15) is 26.3 Å². The van der Waals surface area contributed by atoms with Crippen LogP contribution in [-0.4, -0.2) is 12.4 Å². The standard InChI is InChI=1S/C5H3ClF6/c1-2(4(7,8)9)3(6)5(10,11)12/h1H3/b3-2-. The van der Waals surface area contributed by atoms with Crippen LogP contribution in [0.1, 0.15) is 6.92 Å². The monoisotopic (exact) mass is 212 g/mol. The summed E-state index contributed by atoms with van der Waals surface area (Å²) in [6.07, 6.45) is -10.2. The largest absolute Gasteiger partial charge is 0.427 e. The SMILES string of the molecule is C/C(=C(/Cl)C(F)(F)F)C(F)(F)F. The second kappa shape index (κ2) is 3.16. The minimum absolute atomic E-state index is 0.274. The van der Waals surface area contributed by atoms with Crippen LogP contribution in [0.15, 0.2) is 10.6 Å². The molecule has 0 saturated carbocycles. The number of hydrogen-bond donors (Lipinski definition) is 0. The van der Waals surface area contributed by atoms with Crippen LogP contribution in [0, 0.1) is 0 Å². The third-order valence-electron chi connectivity index (χ3n) is 1.00. The molecule has 0 unspecified atom stereocenters. The molecule has 12 heavy (non-hydrogen) atoms. The van der Waals surface area contributed by atoms with Gasteiger partial charge in [0.1, 0.15) is 5.03 Å². The van der Waals surface area contributed by atoms with E-state index in [9.17, 15) is 26.3 Å². The van der Waals surface area contributed by atoms with E-state index >= 15 is 0 Å². The number of rotatable bonds is 0. The second-order valence-corrected chi connectivity index (χ2v) is 2.31. The summed E-state index contributed by atoms with van der Waals surface area (Å²) in [7, 11) is 0. The van der Waals surface area contributed by atoms with Crippen molar-refractivity contribution < 1.29 is 26.3 Å². The second-order valence-electron chi connectivity index (χ2n) is 1.93. The van der Waals surface area contributed by atoms with Gasteiger partial charge >= 0.3 is 12.4 Å². The van der Waals surface area contributed by atoms with E-state index in [0.29, 0.717) is 0 Å². The maximum absolute atomic E-state index is 11.6. The van der Waals surface area contributed by atoms with Crippen LogP contribution >= 0.6 is 11.6 Å². The van der Waals surface area contributed by atoms with Gasteiger partial charge in [-0.1, -0.05) is 11.6 Å². The Hall–Kier alpha value is -0.390.